The quantitative estimate of drug-likeness (QED) is 0.581. The van der Waals surface area contributed by atoms with Crippen LogP contribution >= 0.6 is 0 Å². The second-order valence-corrected chi connectivity index (χ2v) is 8.63. The number of primary amides is 1. The molecule has 0 fully saturated rings. The third-order valence-electron chi connectivity index (χ3n) is 5.56. The van der Waals surface area contributed by atoms with E-state index in [1.54, 1.807) is 12.1 Å². The number of nitrogens with two attached hydrogens (primary N) is 1. The van der Waals surface area contributed by atoms with Gasteiger partial charge in [-0.15, -0.1) is 0 Å². The highest BCUT2D eigenvalue weighted by Crippen LogP contribution is 2.36. The predicted molar refractivity (Wildman–Crippen MR) is 118 cm³/mol. The van der Waals surface area contributed by atoms with Gasteiger partial charge in [-0.1, -0.05) is 18.2 Å². The fraction of sp³-hybridized carbons (Fsp3) is 0.280. The second-order valence-electron chi connectivity index (χ2n) is 8.63. The van der Waals surface area contributed by atoms with Gasteiger partial charge in [0.2, 0.25) is 11.8 Å². The van der Waals surface area contributed by atoms with Gasteiger partial charge in [0.25, 0.3) is 0 Å². The highest BCUT2D eigenvalue weighted by Gasteiger charge is 2.29. The molecule has 2 aromatic carbocycles. The summed E-state index contributed by atoms with van der Waals surface area (Å²) in [5.74, 6) is 0.399. The molecule has 0 bridgehead atoms. The van der Waals surface area contributed by atoms with E-state index in [0.717, 1.165) is 24.8 Å². The maximum Gasteiger partial charge on any atom is 0.250 e. The third-order valence-corrected chi connectivity index (χ3v) is 5.56. The zero-order chi connectivity index (χ0) is 22.0. The largest absolute Gasteiger partial charge is 0.439 e. The van der Waals surface area contributed by atoms with Crippen LogP contribution in [0.2, 0.25) is 0 Å². The van der Waals surface area contributed by atoms with E-state index in [1.165, 1.54) is 29.5 Å². The number of aromatic nitrogens is 1. The van der Waals surface area contributed by atoms with E-state index in [2.05, 4.69) is 30.2 Å². The summed E-state index contributed by atoms with van der Waals surface area (Å²) < 4.78 is 19.0. The second kappa shape index (κ2) is 8.47. The number of carbonyl (C=O) groups is 1. The molecule has 31 heavy (non-hydrogen) atoms. The van der Waals surface area contributed by atoms with E-state index in [4.69, 9.17) is 10.5 Å². The van der Waals surface area contributed by atoms with Gasteiger partial charge in [-0.05, 0) is 80.1 Å². The molecule has 1 aromatic heterocycles. The van der Waals surface area contributed by atoms with E-state index in [1.807, 2.05) is 24.3 Å². The number of ether oxygens (including phenoxy) is 1. The Morgan fingerprint density at radius 1 is 1.19 bits per heavy atom. The fourth-order valence-corrected chi connectivity index (χ4v) is 4.15. The Kier molecular flexibility index (Phi) is 5.74. The number of halogens is 1. The van der Waals surface area contributed by atoms with E-state index in [9.17, 15) is 9.18 Å². The number of hydrogen-bond acceptors (Lipinski definition) is 4. The van der Waals surface area contributed by atoms with Gasteiger partial charge in [-0.25, -0.2) is 9.37 Å². The van der Waals surface area contributed by atoms with Crippen molar-refractivity contribution in [1.29, 1.82) is 0 Å². The van der Waals surface area contributed by atoms with Crippen molar-refractivity contribution in [3.63, 3.8) is 0 Å². The number of fused-ring (bicyclic) bond motifs is 1. The summed E-state index contributed by atoms with van der Waals surface area (Å²) in [5, 5.41) is 3.77. The van der Waals surface area contributed by atoms with Gasteiger partial charge in [0, 0.05) is 23.8 Å². The molecule has 1 aliphatic rings. The highest BCUT2D eigenvalue weighted by molar-refractivity contribution is 5.92. The maximum atomic E-state index is 13.2. The topological polar surface area (TPSA) is 77.2 Å². The van der Waals surface area contributed by atoms with Gasteiger partial charge >= 0.3 is 0 Å². The van der Waals surface area contributed by atoms with Crippen molar-refractivity contribution in [2.75, 3.05) is 0 Å². The summed E-state index contributed by atoms with van der Waals surface area (Å²) in [7, 11) is 0. The van der Waals surface area contributed by atoms with Gasteiger partial charge < -0.3 is 15.8 Å². The lowest BCUT2D eigenvalue weighted by Crippen LogP contribution is -2.43. The van der Waals surface area contributed by atoms with E-state index in [-0.39, 0.29) is 17.4 Å². The molecule has 6 heteroatoms. The number of rotatable bonds is 7. The minimum absolute atomic E-state index is 0.134. The van der Waals surface area contributed by atoms with Crippen molar-refractivity contribution >= 4 is 5.91 Å². The number of amides is 1. The summed E-state index contributed by atoms with van der Waals surface area (Å²) in [4.78, 5) is 15.3. The van der Waals surface area contributed by atoms with Crippen LogP contribution < -0.4 is 15.8 Å². The fourth-order valence-electron chi connectivity index (χ4n) is 4.15. The van der Waals surface area contributed by atoms with Crippen molar-refractivity contribution in [3.8, 4) is 11.6 Å². The monoisotopic (exact) mass is 419 g/mol. The molecule has 0 radical (unpaired) electrons. The van der Waals surface area contributed by atoms with Gasteiger partial charge in [0.05, 0.1) is 5.56 Å². The van der Waals surface area contributed by atoms with Crippen molar-refractivity contribution in [2.24, 2.45) is 5.73 Å². The first-order valence-corrected chi connectivity index (χ1v) is 10.4. The Morgan fingerprint density at radius 2 is 1.97 bits per heavy atom. The summed E-state index contributed by atoms with van der Waals surface area (Å²) in [6, 6.07) is 16.3. The molecule has 1 aliphatic carbocycles. The third kappa shape index (κ3) is 5.09. The average molecular weight is 420 g/mol. The van der Waals surface area contributed by atoms with Crippen LogP contribution in [0.3, 0.4) is 0 Å². The number of nitrogens with one attached hydrogen (secondary N) is 1. The zero-order valence-corrected chi connectivity index (χ0v) is 17.7. The molecule has 1 heterocycles. The van der Waals surface area contributed by atoms with Gasteiger partial charge in [0.15, 0.2) is 0 Å². The summed E-state index contributed by atoms with van der Waals surface area (Å²) in [6.07, 6.45) is 4.20. The predicted octanol–water partition coefficient (Wildman–Crippen LogP) is 4.71. The van der Waals surface area contributed by atoms with Crippen LogP contribution in [0, 0.1) is 5.82 Å². The Bertz CT molecular complexity index is 1080. The number of aryl methyl sites for hydroxylation is 1. The molecule has 3 N–H and O–H groups in total. The van der Waals surface area contributed by atoms with Crippen molar-refractivity contribution in [1.82, 2.24) is 10.3 Å². The molecule has 1 unspecified atom stereocenters. The normalized spacial score (nSPS) is 15.5. The Labute approximate surface area is 181 Å². The summed E-state index contributed by atoms with van der Waals surface area (Å²) >= 11 is 0. The maximum absolute atomic E-state index is 13.2. The smallest absolute Gasteiger partial charge is 0.250 e. The lowest BCUT2D eigenvalue weighted by atomic mass is 9.93. The van der Waals surface area contributed by atoms with Gasteiger partial charge in [-0.3, -0.25) is 4.79 Å². The van der Waals surface area contributed by atoms with Crippen molar-refractivity contribution < 1.29 is 13.9 Å². The highest BCUT2D eigenvalue weighted by atomic mass is 19.1. The average Bonchev–Trinajstić information content (AvgIpc) is 3.11. The van der Waals surface area contributed by atoms with E-state index in [0.29, 0.717) is 17.2 Å². The van der Waals surface area contributed by atoms with E-state index < -0.39 is 5.91 Å². The van der Waals surface area contributed by atoms with Gasteiger partial charge in [0.1, 0.15) is 11.6 Å². The standard InChI is InChI=1S/C25H26FN3O2/c1-25(2,14-16-3-7-19(26)8-4-16)29-22-11-5-17-13-20(9-10-21(17)22)31-23-12-6-18(15-28-23)24(27)30/h3-4,6-10,12-13,15,22,29H,5,11,14H2,1-2H3,(H2,27,30). The number of carbonyl (C=O) groups excluding carboxylic acids is 1. The minimum Gasteiger partial charge on any atom is -0.439 e. The molecule has 0 saturated carbocycles. The van der Waals surface area contributed by atoms with Crippen LogP contribution in [-0.4, -0.2) is 16.4 Å². The van der Waals surface area contributed by atoms with E-state index >= 15 is 0 Å². The number of pyridine rings is 1. The molecule has 5 nitrogen and oxygen atoms in total. The van der Waals surface area contributed by atoms with Crippen LogP contribution in [0.15, 0.2) is 60.8 Å². The summed E-state index contributed by atoms with van der Waals surface area (Å²) in [6.45, 7) is 4.35. The molecule has 4 rings (SSSR count). The van der Waals surface area contributed by atoms with Crippen molar-refractivity contribution in [3.05, 3.63) is 88.9 Å². The first-order chi connectivity index (χ1) is 14.8. The van der Waals surface area contributed by atoms with Gasteiger partial charge in [-0.2, -0.15) is 0 Å². The minimum atomic E-state index is -0.516. The molecular formula is C25H26FN3O2. The molecule has 1 atom stereocenters. The zero-order valence-electron chi connectivity index (χ0n) is 17.7. The Balaban J connectivity index is 1.43. The Morgan fingerprint density at radius 3 is 2.65 bits per heavy atom. The molecule has 160 valence electrons. The molecular weight excluding hydrogens is 393 g/mol. The first kappa shape index (κ1) is 21.0. The lowest BCUT2D eigenvalue weighted by Gasteiger charge is -2.31. The Hall–Kier alpha value is -3.25. The van der Waals surface area contributed by atoms with Crippen LogP contribution in [0.5, 0.6) is 11.6 Å². The SMILES string of the molecule is CC(C)(Cc1ccc(F)cc1)NC1CCc2cc(Oc3ccc(C(N)=O)cn3)ccc21. The van der Waals surface area contributed by atoms with Crippen LogP contribution in [-0.2, 0) is 12.8 Å². The van der Waals surface area contributed by atoms with Crippen LogP contribution in [0.1, 0.15) is 53.4 Å². The molecule has 0 saturated heterocycles. The number of nitrogens with zero attached hydrogens (tertiary/aromatic N) is 1. The lowest BCUT2D eigenvalue weighted by molar-refractivity contribution is 0.1000. The number of hydrogen-bond donors (Lipinski definition) is 2. The molecule has 1 amide bonds. The van der Waals surface area contributed by atoms with Crippen molar-refractivity contribution in [2.45, 2.75) is 44.7 Å². The van der Waals surface area contributed by atoms with Crippen LogP contribution in [0.4, 0.5) is 4.39 Å². The molecule has 0 spiro atoms. The summed E-state index contributed by atoms with van der Waals surface area (Å²) in [5.41, 5.74) is 9.09. The van der Waals surface area contributed by atoms with Crippen LogP contribution in [0.25, 0.3) is 0 Å². The molecule has 3 aromatic rings. The molecule has 0 aliphatic heterocycles. The number of benzene rings is 2. The first-order valence-electron chi connectivity index (χ1n) is 10.4.